The van der Waals surface area contributed by atoms with Crippen molar-refractivity contribution in [1.82, 2.24) is 19.6 Å². The third-order valence-electron chi connectivity index (χ3n) is 6.71. The zero-order chi connectivity index (χ0) is 25.2. The minimum atomic E-state index is -0.189. The van der Waals surface area contributed by atoms with Gasteiger partial charge in [-0.2, -0.15) is 10.4 Å². The fraction of sp³-hybridized carbons (Fsp3) is 0.296. The van der Waals surface area contributed by atoms with Crippen molar-refractivity contribution < 1.29 is 9.18 Å². The van der Waals surface area contributed by atoms with Crippen LogP contribution >= 0.6 is 36.4 Å². The van der Waals surface area contributed by atoms with E-state index in [2.05, 4.69) is 21.0 Å². The Hall–Kier alpha value is -2.93. The summed E-state index contributed by atoms with van der Waals surface area (Å²) in [6.45, 7) is 6.05. The summed E-state index contributed by atoms with van der Waals surface area (Å²) < 4.78 is 15.7. The van der Waals surface area contributed by atoms with Crippen LogP contribution in [-0.4, -0.2) is 64.8 Å². The fourth-order valence-corrected chi connectivity index (χ4v) is 5.06. The Balaban J connectivity index is 0.00000200. The zero-order valence-corrected chi connectivity index (χ0v) is 23.2. The Kier molecular flexibility index (Phi) is 9.94. The normalized spacial score (nSPS) is 15.8. The van der Waals surface area contributed by atoms with Crippen molar-refractivity contribution >= 4 is 53.8 Å². The van der Waals surface area contributed by atoms with E-state index in [1.807, 2.05) is 37.3 Å². The molecule has 1 amide bonds. The number of nitrogens with zero attached hydrogens (tertiary/aromatic N) is 6. The summed E-state index contributed by atoms with van der Waals surface area (Å²) in [6.07, 6.45) is 1.50. The molecule has 11 heteroatoms. The summed E-state index contributed by atoms with van der Waals surface area (Å²) in [5.74, 6) is 0.215. The molecule has 0 unspecified atom stereocenters. The minimum Gasteiger partial charge on any atom is -0.296 e. The first-order valence-electron chi connectivity index (χ1n) is 11.9. The third kappa shape index (κ3) is 6.04. The molecular weight excluding hydrogens is 550 g/mol. The predicted octanol–water partition coefficient (Wildman–Crippen LogP) is 4.83. The summed E-state index contributed by atoms with van der Waals surface area (Å²) in [6, 6.07) is 16.5. The first-order valence-corrected chi connectivity index (χ1v) is 12.2. The quantitative estimate of drug-likeness (QED) is 0.434. The molecule has 0 N–H and O–H groups in total. The lowest BCUT2D eigenvalue weighted by molar-refractivity contribution is -0.120. The first kappa shape index (κ1) is 29.6. The molecule has 1 fully saturated rings. The second-order valence-electron chi connectivity index (χ2n) is 9.17. The molecule has 3 aromatic rings. The third-order valence-corrected chi connectivity index (χ3v) is 6.94. The van der Waals surface area contributed by atoms with Crippen molar-refractivity contribution in [2.24, 2.45) is 0 Å². The summed E-state index contributed by atoms with van der Waals surface area (Å²) in [4.78, 5) is 19.4. The van der Waals surface area contributed by atoms with Crippen LogP contribution in [0.5, 0.6) is 0 Å². The fourth-order valence-electron chi connectivity index (χ4n) is 4.87. The molecule has 200 valence electrons. The molecule has 0 spiro atoms. The van der Waals surface area contributed by atoms with Gasteiger partial charge >= 0.3 is 0 Å². The van der Waals surface area contributed by atoms with Gasteiger partial charge in [0.15, 0.2) is 5.82 Å². The molecule has 2 aromatic carbocycles. The molecule has 0 saturated carbocycles. The van der Waals surface area contributed by atoms with E-state index < -0.39 is 0 Å². The molecule has 38 heavy (non-hydrogen) atoms. The molecule has 0 radical (unpaired) electrons. The van der Waals surface area contributed by atoms with Gasteiger partial charge in [0.05, 0.1) is 25.0 Å². The molecule has 1 aromatic heterocycles. The highest BCUT2D eigenvalue weighted by molar-refractivity contribution is 6.30. The Morgan fingerprint density at radius 1 is 1.08 bits per heavy atom. The molecule has 0 aliphatic carbocycles. The standard InChI is InChI=1S/C27H26ClFN6O.2ClH/c1-19-16-34(27-22(14-30)15-31-35(27)26(19)20-6-4-7-23(28)13-20)25(36)18-33-11-9-32(10-12-33)17-21-5-2-3-8-24(21)29;;/h2-8,13,15H,9-12,16-18H2,1H3;2*1H. The number of halogens is 4. The number of amides is 1. The zero-order valence-electron chi connectivity index (χ0n) is 20.8. The number of nitriles is 1. The summed E-state index contributed by atoms with van der Waals surface area (Å²) in [5.41, 5.74) is 3.71. The van der Waals surface area contributed by atoms with Crippen LogP contribution in [0.25, 0.3) is 5.70 Å². The van der Waals surface area contributed by atoms with Gasteiger partial charge in [-0.25, -0.2) is 9.07 Å². The van der Waals surface area contributed by atoms with Crippen LogP contribution in [0.1, 0.15) is 23.6 Å². The molecule has 1 saturated heterocycles. The largest absolute Gasteiger partial charge is 0.296 e. The number of hydrogen-bond acceptors (Lipinski definition) is 5. The number of rotatable bonds is 5. The van der Waals surface area contributed by atoms with Crippen LogP contribution in [-0.2, 0) is 11.3 Å². The highest BCUT2D eigenvalue weighted by atomic mass is 35.5. The second kappa shape index (κ2) is 12.7. The van der Waals surface area contributed by atoms with E-state index in [1.165, 1.54) is 12.3 Å². The van der Waals surface area contributed by atoms with E-state index in [1.54, 1.807) is 21.7 Å². The molecule has 2 aliphatic rings. The Morgan fingerprint density at radius 2 is 1.79 bits per heavy atom. The molecular formula is C27H28Cl3FN6O. The van der Waals surface area contributed by atoms with Gasteiger partial charge in [-0.05, 0) is 30.7 Å². The maximum Gasteiger partial charge on any atom is 0.242 e. The van der Waals surface area contributed by atoms with E-state index in [9.17, 15) is 14.4 Å². The van der Waals surface area contributed by atoms with Crippen molar-refractivity contribution in [2.75, 3.05) is 44.2 Å². The van der Waals surface area contributed by atoms with Crippen LogP contribution in [0.3, 0.4) is 0 Å². The smallest absolute Gasteiger partial charge is 0.242 e. The lowest BCUT2D eigenvalue weighted by atomic mass is 10.0. The number of carbonyl (C=O) groups excluding carboxylic acids is 1. The molecule has 7 nitrogen and oxygen atoms in total. The van der Waals surface area contributed by atoms with Crippen LogP contribution < -0.4 is 4.90 Å². The highest BCUT2D eigenvalue weighted by Crippen LogP contribution is 2.35. The summed E-state index contributed by atoms with van der Waals surface area (Å²) in [5, 5.41) is 14.8. The second-order valence-corrected chi connectivity index (χ2v) is 9.60. The van der Waals surface area contributed by atoms with Crippen LogP contribution in [0.4, 0.5) is 10.2 Å². The van der Waals surface area contributed by atoms with E-state index >= 15 is 0 Å². The molecule has 3 heterocycles. The van der Waals surface area contributed by atoms with Crippen molar-refractivity contribution in [3.63, 3.8) is 0 Å². The van der Waals surface area contributed by atoms with Crippen LogP contribution in [0, 0.1) is 17.1 Å². The average Bonchev–Trinajstić information content (AvgIpc) is 3.30. The maximum atomic E-state index is 14.0. The van der Waals surface area contributed by atoms with Crippen molar-refractivity contribution in [3.05, 3.63) is 87.8 Å². The van der Waals surface area contributed by atoms with Gasteiger partial charge in [-0.1, -0.05) is 41.9 Å². The van der Waals surface area contributed by atoms with Gasteiger partial charge in [0, 0.05) is 48.9 Å². The number of carbonyl (C=O) groups is 1. The monoisotopic (exact) mass is 576 g/mol. The maximum absolute atomic E-state index is 14.0. The average molecular weight is 578 g/mol. The number of aromatic nitrogens is 2. The topological polar surface area (TPSA) is 68.4 Å². The number of benzene rings is 2. The van der Waals surface area contributed by atoms with E-state index in [0.717, 1.165) is 29.9 Å². The molecule has 0 atom stereocenters. The van der Waals surface area contributed by atoms with Crippen molar-refractivity contribution in [3.8, 4) is 6.07 Å². The van der Waals surface area contributed by atoms with Crippen molar-refractivity contribution in [2.45, 2.75) is 13.5 Å². The van der Waals surface area contributed by atoms with Gasteiger partial charge in [0.25, 0.3) is 0 Å². The number of fused-ring (bicyclic) bond motifs is 1. The van der Waals surface area contributed by atoms with E-state index in [4.69, 9.17) is 11.6 Å². The Morgan fingerprint density at radius 3 is 2.47 bits per heavy atom. The van der Waals surface area contributed by atoms with Gasteiger partial charge in [-0.15, -0.1) is 24.8 Å². The van der Waals surface area contributed by atoms with Crippen LogP contribution in [0.15, 0.2) is 60.3 Å². The number of anilines is 1. The molecule has 2 aliphatic heterocycles. The first-order chi connectivity index (χ1) is 17.4. The van der Waals surface area contributed by atoms with Crippen LogP contribution in [0.2, 0.25) is 5.02 Å². The lowest BCUT2D eigenvalue weighted by Gasteiger charge is -2.36. The SMILES string of the molecule is CC1=C(c2cccc(Cl)c2)n2ncc(C#N)c2N(C(=O)CN2CCN(Cc3ccccc3F)CC2)C1.Cl.Cl. The van der Waals surface area contributed by atoms with Gasteiger partial charge in [0.2, 0.25) is 5.91 Å². The molecule has 0 bridgehead atoms. The van der Waals surface area contributed by atoms with E-state index in [0.29, 0.717) is 48.1 Å². The number of piperazine rings is 1. The minimum absolute atomic E-state index is 0. The highest BCUT2D eigenvalue weighted by Gasteiger charge is 2.32. The predicted molar refractivity (Wildman–Crippen MR) is 151 cm³/mol. The Labute approximate surface area is 238 Å². The molecule has 5 rings (SSSR count). The lowest BCUT2D eigenvalue weighted by Crippen LogP contribution is -2.50. The van der Waals surface area contributed by atoms with Crippen molar-refractivity contribution in [1.29, 1.82) is 5.26 Å². The van der Waals surface area contributed by atoms with E-state index in [-0.39, 0.29) is 43.1 Å². The van der Waals surface area contributed by atoms with Gasteiger partial charge in [0.1, 0.15) is 17.4 Å². The Bertz CT molecular complexity index is 1380. The summed E-state index contributed by atoms with van der Waals surface area (Å²) in [7, 11) is 0. The van der Waals surface area contributed by atoms with Gasteiger partial charge < -0.3 is 0 Å². The number of hydrogen-bond donors (Lipinski definition) is 0. The summed E-state index contributed by atoms with van der Waals surface area (Å²) >= 11 is 6.23. The van der Waals surface area contributed by atoms with Gasteiger partial charge in [-0.3, -0.25) is 19.5 Å².